The molecule has 0 aliphatic heterocycles. The first kappa shape index (κ1) is 15.1. The van der Waals surface area contributed by atoms with Crippen LogP contribution in [0, 0.1) is 0 Å². The molecule has 0 aliphatic rings. The zero-order valence-corrected chi connectivity index (χ0v) is 9.14. The number of alkyl halides is 6. The van der Waals surface area contributed by atoms with Gasteiger partial charge in [0, 0.05) is 6.08 Å². The topological polar surface area (TPSA) is 43.1 Å². The molecule has 0 radical (unpaired) electrons. The number of hydrogen-bond acceptors (Lipinski definition) is 1. The Hall–Kier alpha value is -1.99. The first-order valence-electron chi connectivity index (χ1n) is 4.77. The molecule has 0 heterocycles. The lowest BCUT2D eigenvalue weighted by Crippen LogP contribution is -2.11. The van der Waals surface area contributed by atoms with Crippen molar-refractivity contribution in [2.24, 2.45) is 5.73 Å². The van der Waals surface area contributed by atoms with Crippen LogP contribution in [0.1, 0.15) is 16.7 Å². The van der Waals surface area contributed by atoms with E-state index in [9.17, 15) is 31.1 Å². The van der Waals surface area contributed by atoms with Gasteiger partial charge in [0.2, 0.25) is 5.91 Å². The van der Waals surface area contributed by atoms with Crippen LogP contribution in [0.4, 0.5) is 26.3 Å². The molecule has 0 aromatic heterocycles. The first-order chi connectivity index (χ1) is 8.50. The van der Waals surface area contributed by atoms with Crippen LogP contribution in [0.2, 0.25) is 0 Å². The summed E-state index contributed by atoms with van der Waals surface area (Å²) in [5.41, 5.74) is 1.40. The van der Waals surface area contributed by atoms with Crippen LogP contribution < -0.4 is 5.73 Å². The Morgan fingerprint density at radius 1 is 0.947 bits per heavy atom. The van der Waals surface area contributed by atoms with Crippen molar-refractivity contribution >= 4 is 12.0 Å². The van der Waals surface area contributed by atoms with Crippen molar-refractivity contribution in [1.29, 1.82) is 0 Å². The van der Waals surface area contributed by atoms with Crippen LogP contribution in [0.15, 0.2) is 24.3 Å². The third kappa shape index (κ3) is 4.31. The Labute approximate surface area is 103 Å². The molecule has 1 aromatic rings. The summed E-state index contributed by atoms with van der Waals surface area (Å²) in [7, 11) is 0. The van der Waals surface area contributed by atoms with Crippen LogP contribution in [0.5, 0.6) is 0 Å². The Balaban J connectivity index is 3.37. The van der Waals surface area contributed by atoms with Gasteiger partial charge in [-0.2, -0.15) is 26.3 Å². The molecular weight excluding hydrogens is 276 g/mol. The van der Waals surface area contributed by atoms with Crippen LogP contribution in [0.25, 0.3) is 6.08 Å². The standard InChI is InChI=1S/C11H7F6NO/c12-10(13,14)7-3-6(1-2-9(18)19)4-8(5-7)11(15,16)17/h1-5H,(H2,18,19). The minimum Gasteiger partial charge on any atom is -0.366 e. The summed E-state index contributed by atoms with van der Waals surface area (Å²) in [5, 5.41) is 0. The lowest BCUT2D eigenvalue weighted by molar-refractivity contribution is -0.143. The van der Waals surface area contributed by atoms with Crippen LogP contribution >= 0.6 is 0 Å². The van der Waals surface area contributed by atoms with Crippen molar-refractivity contribution < 1.29 is 31.1 Å². The molecule has 0 spiro atoms. The second-order valence-electron chi connectivity index (χ2n) is 3.57. The maximum absolute atomic E-state index is 12.5. The molecule has 0 saturated carbocycles. The molecule has 104 valence electrons. The fourth-order valence-corrected chi connectivity index (χ4v) is 1.25. The number of rotatable bonds is 2. The van der Waals surface area contributed by atoms with Gasteiger partial charge < -0.3 is 5.73 Å². The number of benzene rings is 1. The summed E-state index contributed by atoms with van der Waals surface area (Å²) in [4.78, 5) is 10.4. The van der Waals surface area contributed by atoms with E-state index in [1.54, 1.807) is 0 Å². The Morgan fingerprint density at radius 3 is 1.68 bits per heavy atom. The van der Waals surface area contributed by atoms with Crippen LogP contribution in [-0.4, -0.2) is 5.91 Å². The monoisotopic (exact) mass is 283 g/mol. The van der Waals surface area contributed by atoms with Gasteiger partial charge >= 0.3 is 12.4 Å². The van der Waals surface area contributed by atoms with E-state index >= 15 is 0 Å². The molecule has 2 N–H and O–H groups in total. The zero-order valence-electron chi connectivity index (χ0n) is 9.14. The number of nitrogens with two attached hydrogens (primary N) is 1. The summed E-state index contributed by atoms with van der Waals surface area (Å²) in [6, 6.07) is 0.991. The van der Waals surface area contributed by atoms with E-state index in [2.05, 4.69) is 0 Å². The molecule has 0 unspecified atom stereocenters. The smallest absolute Gasteiger partial charge is 0.366 e. The van der Waals surface area contributed by atoms with Gasteiger partial charge in [-0.05, 0) is 29.8 Å². The summed E-state index contributed by atoms with van der Waals surface area (Å²) in [6.45, 7) is 0. The van der Waals surface area contributed by atoms with E-state index in [1.807, 2.05) is 0 Å². The van der Waals surface area contributed by atoms with E-state index in [0.717, 1.165) is 6.08 Å². The molecular formula is C11H7F6NO. The number of primary amides is 1. The molecule has 1 amide bonds. The minimum absolute atomic E-state index is 0.00159. The fraction of sp³-hybridized carbons (Fsp3) is 0.182. The van der Waals surface area contributed by atoms with Crippen molar-refractivity contribution in [2.75, 3.05) is 0 Å². The highest BCUT2D eigenvalue weighted by Crippen LogP contribution is 2.36. The molecule has 0 bridgehead atoms. The van der Waals surface area contributed by atoms with E-state index in [4.69, 9.17) is 5.73 Å². The maximum atomic E-state index is 12.5. The van der Waals surface area contributed by atoms with Crippen LogP contribution in [0.3, 0.4) is 0 Å². The highest BCUT2D eigenvalue weighted by molar-refractivity contribution is 5.90. The summed E-state index contributed by atoms with van der Waals surface area (Å²) in [6.07, 6.45) is -8.38. The van der Waals surface area contributed by atoms with Gasteiger partial charge in [0.25, 0.3) is 0 Å². The Bertz CT molecular complexity index is 483. The van der Waals surface area contributed by atoms with E-state index in [-0.39, 0.29) is 6.07 Å². The molecule has 0 saturated heterocycles. The lowest BCUT2D eigenvalue weighted by Gasteiger charge is -2.12. The lowest BCUT2D eigenvalue weighted by atomic mass is 10.0. The summed E-state index contributed by atoms with van der Waals surface area (Å²) >= 11 is 0. The molecule has 0 atom stereocenters. The van der Waals surface area contributed by atoms with Crippen molar-refractivity contribution in [3.63, 3.8) is 0 Å². The van der Waals surface area contributed by atoms with Gasteiger partial charge in [0.1, 0.15) is 0 Å². The van der Waals surface area contributed by atoms with Crippen molar-refractivity contribution in [3.05, 3.63) is 41.0 Å². The number of carbonyl (C=O) groups is 1. The molecule has 0 fully saturated rings. The number of amides is 1. The predicted molar refractivity (Wildman–Crippen MR) is 54.7 cm³/mol. The van der Waals surface area contributed by atoms with Crippen molar-refractivity contribution in [2.45, 2.75) is 12.4 Å². The van der Waals surface area contributed by atoms with Crippen LogP contribution in [-0.2, 0) is 17.1 Å². The highest BCUT2D eigenvalue weighted by atomic mass is 19.4. The normalized spacial score (nSPS) is 12.9. The third-order valence-corrected chi connectivity index (χ3v) is 2.05. The van der Waals surface area contributed by atoms with Gasteiger partial charge in [0.15, 0.2) is 0 Å². The second kappa shape index (κ2) is 4.94. The Kier molecular flexibility index (Phi) is 3.92. The molecule has 1 rings (SSSR count). The average Bonchev–Trinajstić information content (AvgIpc) is 2.23. The van der Waals surface area contributed by atoms with Crippen molar-refractivity contribution in [3.8, 4) is 0 Å². The van der Waals surface area contributed by atoms with Gasteiger partial charge in [-0.3, -0.25) is 4.79 Å². The minimum atomic E-state index is -4.92. The zero-order chi connectivity index (χ0) is 14.8. The van der Waals surface area contributed by atoms with E-state index in [1.165, 1.54) is 0 Å². The van der Waals surface area contributed by atoms with Crippen molar-refractivity contribution in [1.82, 2.24) is 0 Å². The SMILES string of the molecule is NC(=O)C=Cc1cc(C(F)(F)F)cc(C(F)(F)F)c1. The highest BCUT2D eigenvalue weighted by Gasteiger charge is 2.36. The van der Waals surface area contributed by atoms with Gasteiger partial charge in [-0.1, -0.05) is 0 Å². The predicted octanol–water partition coefficient (Wildman–Crippen LogP) is 3.22. The van der Waals surface area contributed by atoms with E-state index in [0.29, 0.717) is 18.2 Å². The van der Waals surface area contributed by atoms with E-state index < -0.39 is 35.0 Å². The Morgan fingerprint density at radius 2 is 1.37 bits per heavy atom. The molecule has 2 nitrogen and oxygen atoms in total. The summed E-state index contributed by atoms with van der Waals surface area (Å²) < 4.78 is 74.7. The first-order valence-corrected chi connectivity index (χ1v) is 4.77. The third-order valence-electron chi connectivity index (χ3n) is 2.05. The van der Waals surface area contributed by atoms with Gasteiger partial charge in [0.05, 0.1) is 11.1 Å². The molecule has 0 aliphatic carbocycles. The number of carbonyl (C=O) groups excluding carboxylic acids is 1. The average molecular weight is 283 g/mol. The second-order valence-corrected chi connectivity index (χ2v) is 3.57. The number of hydrogen-bond donors (Lipinski definition) is 1. The van der Waals surface area contributed by atoms with Gasteiger partial charge in [-0.25, -0.2) is 0 Å². The molecule has 8 heteroatoms. The number of halogens is 6. The quantitative estimate of drug-likeness (QED) is 0.657. The largest absolute Gasteiger partial charge is 0.416 e. The van der Waals surface area contributed by atoms with Gasteiger partial charge in [-0.15, -0.1) is 0 Å². The molecule has 1 aromatic carbocycles. The molecule has 19 heavy (non-hydrogen) atoms. The maximum Gasteiger partial charge on any atom is 0.416 e. The fourth-order valence-electron chi connectivity index (χ4n) is 1.25. The summed E-state index contributed by atoms with van der Waals surface area (Å²) in [5.74, 6) is -0.981.